The number of alkyl carbamates (subject to hydrolysis) is 1. The summed E-state index contributed by atoms with van der Waals surface area (Å²) in [4.78, 5) is 15.9. The molecule has 1 aromatic heterocycles. The summed E-state index contributed by atoms with van der Waals surface area (Å²) < 4.78 is 5.26. The van der Waals surface area contributed by atoms with Crippen LogP contribution in [0.4, 0.5) is 4.79 Å². The molecule has 23 heavy (non-hydrogen) atoms. The molecule has 0 radical (unpaired) electrons. The van der Waals surface area contributed by atoms with E-state index in [1.807, 2.05) is 40.7 Å². The predicted molar refractivity (Wildman–Crippen MR) is 91.5 cm³/mol. The first-order chi connectivity index (χ1) is 10.6. The number of ether oxygens (including phenoxy) is 1. The zero-order chi connectivity index (χ0) is 17.7. The van der Waals surface area contributed by atoms with E-state index >= 15 is 0 Å². The molecule has 1 heterocycles. The zero-order valence-corrected chi connectivity index (χ0v) is 15.3. The minimum atomic E-state index is -0.557. The molecule has 1 rings (SSSR count). The lowest BCUT2D eigenvalue weighted by atomic mass is 9.73. The molecule has 6 heteroatoms. The first-order valence-electron chi connectivity index (χ1n) is 7.76. The van der Waals surface area contributed by atoms with Gasteiger partial charge in [0.2, 0.25) is 0 Å². The average molecular weight is 343 g/mol. The minimum absolute atomic E-state index is 0.0703. The molecule has 1 atom stereocenters. The van der Waals surface area contributed by atoms with Crippen LogP contribution in [0, 0.1) is 11.3 Å². The van der Waals surface area contributed by atoms with Crippen LogP contribution in [-0.4, -0.2) is 34.9 Å². The summed E-state index contributed by atoms with van der Waals surface area (Å²) in [5.41, 5.74) is -0.185. The number of amides is 1. The Morgan fingerprint density at radius 2 is 2.09 bits per heavy atom. The number of aliphatic hydroxyl groups is 1. The van der Waals surface area contributed by atoms with Crippen molar-refractivity contribution in [2.75, 3.05) is 13.2 Å². The van der Waals surface area contributed by atoms with Crippen LogP contribution >= 0.6 is 11.6 Å². The van der Waals surface area contributed by atoms with E-state index in [1.54, 1.807) is 12.4 Å². The molecule has 0 saturated heterocycles. The monoisotopic (exact) mass is 342 g/mol. The highest BCUT2D eigenvalue weighted by Crippen LogP contribution is 2.33. The molecular formula is C17H27ClN2O3. The van der Waals surface area contributed by atoms with Gasteiger partial charge in [0.1, 0.15) is 5.60 Å². The van der Waals surface area contributed by atoms with Crippen LogP contribution in [0.3, 0.4) is 0 Å². The Kier molecular flexibility index (Phi) is 6.84. The highest BCUT2D eigenvalue weighted by atomic mass is 35.5. The van der Waals surface area contributed by atoms with Crippen molar-refractivity contribution < 1.29 is 14.6 Å². The number of rotatable bonds is 6. The molecule has 0 saturated carbocycles. The third-order valence-electron chi connectivity index (χ3n) is 3.92. The molecule has 130 valence electrons. The smallest absolute Gasteiger partial charge is 0.407 e. The predicted octanol–water partition coefficient (Wildman–Crippen LogP) is 3.44. The molecule has 0 aliphatic heterocycles. The number of aromatic nitrogens is 1. The second-order valence-corrected chi connectivity index (χ2v) is 7.58. The Morgan fingerprint density at radius 3 is 2.57 bits per heavy atom. The zero-order valence-electron chi connectivity index (χ0n) is 14.5. The maximum Gasteiger partial charge on any atom is 0.407 e. The summed E-state index contributed by atoms with van der Waals surface area (Å²) in [6, 6.07) is 1.84. The van der Waals surface area contributed by atoms with Crippen molar-refractivity contribution in [1.29, 1.82) is 0 Å². The maximum absolute atomic E-state index is 11.9. The summed E-state index contributed by atoms with van der Waals surface area (Å²) in [6.45, 7) is 9.69. The maximum atomic E-state index is 11.9. The van der Waals surface area contributed by atoms with Gasteiger partial charge in [-0.05, 0) is 44.7 Å². The lowest BCUT2D eigenvalue weighted by Crippen LogP contribution is -2.46. The van der Waals surface area contributed by atoms with Crippen LogP contribution in [0.2, 0.25) is 5.02 Å². The van der Waals surface area contributed by atoms with Gasteiger partial charge in [0.05, 0.1) is 11.6 Å². The largest absolute Gasteiger partial charge is 0.444 e. The molecule has 1 aromatic rings. The van der Waals surface area contributed by atoms with Gasteiger partial charge in [-0.25, -0.2) is 4.79 Å². The van der Waals surface area contributed by atoms with Crippen LogP contribution in [0.5, 0.6) is 0 Å². The van der Waals surface area contributed by atoms with Crippen molar-refractivity contribution >= 4 is 17.7 Å². The van der Waals surface area contributed by atoms with Crippen LogP contribution in [0.1, 0.15) is 40.2 Å². The topological polar surface area (TPSA) is 71.5 Å². The van der Waals surface area contributed by atoms with Crippen molar-refractivity contribution in [2.45, 2.75) is 46.6 Å². The molecule has 0 aliphatic carbocycles. The fourth-order valence-electron chi connectivity index (χ4n) is 2.25. The van der Waals surface area contributed by atoms with Crippen LogP contribution < -0.4 is 5.32 Å². The number of hydrogen-bond donors (Lipinski definition) is 2. The fourth-order valence-corrected chi connectivity index (χ4v) is 2.44. The van der Waals surface area contributed by atoms with Gasteiger partial charge in [-0.1, -0.05) is 25.4 Å². The lowest BCUT2D eigenvalue weighted by molar-refractivity contribution is 0.0394. The number of nitrogens with zero attached hydrogens (tertiary/aromatic N) is 1. The summed E-state index contributed by atoms with van der Waals surface area (Å²) >= 11 is 6.19. The standard InChI is InChI=1S/C17H27ClN2O3/c1-12(2)17(11-21,8-13-6-7-19-9-14(13)18)10-20-15(22)23-16(3,4)5/h6-7,9,12,21H,8,10-11H2,1-5H3,(H,20,22). The van der Waals surface area contributed by atoms with Gasteiger partial charge in [-0.15, -0.1) is 0 Å². The first-order valence-corrected chi connectivity index (χ1v) is 8.13. The van der Waals surface area contributed by atoms with E-state index in [2.05, 4.69) is 10.3 Å². The van der Waals surface area contributed by atoms with Gasteiger partial charge >= 0.3 is 6.09 Å². The van der Waals surface area contributed by atoms with E-state index < -0.39 is 17.1 Å². The number of carbonyl (C=O) groups excluding carboxylic acids is 1. The van der Waals surface area contributed by atoms with Gasteiger partial charge in [0.25, 0.3) is 0 Å². The average Bonchev–Trinajstić information content (AvgIpc) is 2.43. The molecular weight excluding hydrogens is 316 g/mol. The molecule has 0 spiro atoms. The van der Waals surface area contributed by atoms with Crippen molar-refractivity contribution in [2.24, 2.45) is 11.3 Å². The second kappa shape index (κ2) is 7.97. The molecule has 0 aliphatic rings. The van der Waals surface area contributed by atoms with Crippen molar-refractivity contribution in [1.82, 2.24) is 10.3 Å². The Bertz CT molecular complexity index is 529. The third kappa shape index (κ3) is 5.99. The van der Waals surface area contributed by atoms with Gasteiger partial charge in [0.15, 0.2) is 0 Å². The van der Waals surface area contributed by atoms with E-state index in [9.17, 15) is 9.90 Å². The highest BCUT2D eigenvalue weighted by Gasteiger charge is 2.35. The van der Waals surface area contributed by atoms with Crippen molar-refractivity contribution in [3.05, 3.63) is 29.0 Å². The first kappa shape index (κ1) is 19.7. The van der Waals surface area contributed by atoms with Crippen LogP contribution in [-0.2, 0) is 11.2 Å². The quantitative estimate of drug-likeness (QED) is 0.830. The highest BCUT2D eigenvalue weighted by molar-refractivity contribution is 6.31. The number of carbonyl (C=O) groups is 1. The Hall–Kier alpha value is -1.33. The number of aliphatic hydroxyl groups excluding tert-OH is 1. The molecule has 0 bridgehead atoms. The molecule has 0 aromatic carbocycles. The van der Waals surface area contributed by atoms with Gasteiger partial charge in [-0.3, -0.25) is 4.98 Å². The number of nitrogens with one attached hydrogen (secondary N) is 1. The molecule has 0 fully saturated rings. The third-order valence-corrected chi connectivity index (χ3v) is 4.26. The van der Waals surface area contributed by atoms with Crippen LogP contribution in [0.25, 0.3) is 0 Å². The summed E-state index contributed by atoms with van der Waals surface area (Å²) in [5, 5.41) is 13.3. The summed E-state index contributed by atoms with van der Waals surface area (Å²) in [7, 11) is 0. The summed E-state index contributed by atoms with van der Waals surface area (Å²) in [5.74, 6) is 0.131. The lowest BCUT2D eigenvalue weighted by Gasteiger charge is -2.36. The summed E-state index contributed by atoms with van der Waals surface area (Å²) in [6.07, 6.45) is 3.31. The van der Waals surface area contributed by atoms with Crippen LogP contribution in [0.15, 0.2) is 18.5 Å². The van der Waals surface area contributed by atoms with E-state index in [1.165, 1.54) is 0 Å². The number of halogens is 1. The second-order valence-electron chi connectivity index (χ2n) is 7.17. The van der Waals surface area contributed by atoms with E-state index in [-0.39, 0.29) is 12.5 Å². The van der Waals surface area contributed by atoms with Gasteiger partial charge < -0.3 is 15.2 Å². The van der Waals surface area contributed by atoms with E-state index in [0.29, 0.717) is 18.0 Å². The SMILES string of the molecule is CC(C)C(CO)(CNC(=O)OC(C)(C)C)Cc1ccncc1Cl. The molecule has 5 nitrogen and oxygen atoms in total. The normalized spacial score (nSPS) is 14.4. The van der Waals surface area contributed by atoms with Gasteiger partial charge in [-0.2, -0.15) is 0 Å². The Labute approximate surface area is 143 Å². The van der Waals surface area contributed by atoms with Crippen molar-refractivity contribution in [3.8, 4) is 0 Å². The minimum Gasteiger partial charge on any atom is -0.444 e. The Balaban J connectivity index is 2.87. The van der Waals surface area contributed by atoms with E-state index in [0.717, 1.165) is 5.56 Å². The molecule has 1 amide bonds. The fraction of sp³-hybridized carbons (Fsp3) is 0.647. The number of pyridine rings is 1. The van der Waals surface area contributed by atoms with E-state index in [4.69, 9.17) is 16.3 Å². The Morgan fingerprint density at radius 1 is 1.43 bits per heavy atom. The number of hydrogen-bond acceptors (Lipinski definition) is 4. The van der Waals surface area contributed by atoms with Crippen molar-refractivity contribution in [3.63, 3.8) is 0 Å². The molecule has 1 unspecified atom stereocenters. The van der Waals surface area contributed by atoms with Gasteiger partial charge in [0, 0.05) is 24.4 Å². The molecule has 2 N–H and O–H groups in total.